The Hall–Kier alpha value is -1.96. The summed E-state index contributed by atoms with van der Waals surface area (Å²) < 4.78 is 27.8. The maximum atomic E-state index is 13.1. The van der Waals surface area contributed by atoms with Crippen molar-refractivity contribution in [2.24, 2.45) is 0 Å². The fourth-order valence-electron chi connectivity index (χ4n) is 3.52. The van der Waals surface area contributed by atoms with Crippen LogP contribution in [-0.4, -0.2) is 29.9 Å². The molecule has 1 aliphatic rings. The fraction of sp³-hybridized carbons (Fsp3) is 0.350. The van der Waals surface area contributed by atoms with Crippen LogP contribution in [0.25, 0.3) is 0 Å². The molecule has 3 rings (SSSR count). The van der Waals surface area contributed by atoms with E-state index < -0.39 is 10.0 Å². The summed E-state index contributed by atoms with van der Waals surface area (Å²) in [6.45, 7) is 3.97. The first-order valence-electron chi connectivity index (χ1n) is 9.14. The minimum Gasteiger partial charge on any atom is -0.332 e. The normalized spacial score (nSPS) is 20.8. The highest BCUT2D eigenvalue weighted by atomic mass is 32.2. The summed E-state index contributed by atoms with van der Waals surface area (Å²) in [5, 5.41) is 6.62. The molecule has 0 bridgehead atoms. The van der Waals surface area contributed by atoms with Crippen LogP contribution in [0.15, 0.2) is 59.5 Å². The average molecular weight is 404 g/mol. The lowest BCUT2D eigenvalue weighted by molar-refractivity contribution is 0.204. The first-order valence-corrected chi connectivity index (χ1v) is 11.0. The van der Waals surface area contributed by atoms with Gasteiger partial charge in [-0.25, -0.2) is 8.42 Å². The zero-order valence-electron chi connectivity index (χ0n) is 15.6. The van der Waals surface area contributed by atoms with Gasteiger partial charge in [0.25, 0.3) is 0 Å². The third kappa shape index (κ3) is 4.66. The summed E-state index contributed by atoms with van der Waals surface area (Å²) in [7, 11) is -3.50. The van der Waals surface area contributed by atoms with E-state index in [1.807, 2.05) is 44.2 Å². The number of para-hydroxylation sites is 1. The van der Waals surface area contributed by atoms with Crippen molar-refractivity contribution in [3.8, 4) is 0 Å². The van der Waals surface area contributed by atoms with Gasteiger partial charge in [0.2, 0.25) is 10.0 Å². The Morgan fingerprint density at radius 1 is 0.926 bits per heavy atom. The Balaban J connectivity index is 1.70. The number of hydrogen-bond donors (Lipinski definition) is 2. The van der Waals surface area contributed by atoms with Crippen molar-refractivity contribution in [3.63, 3.8) is 0 Å². The molecule has 0 amide bonds. The van der Waals surface area contributed by atoms with Gasteiger partial charge in [0.15, 0.2) is 5.11 Å². The topological polar surface area (TPSA) is 61.4 Å². The molecule has 144 valence electrons. The molecular weight excluding hydrogens is 378 g/mol. The van der Waals surface area contributed by atoms with E-state index in [2.05, 4.69) is 10.6 Å². The molecule has 2 aromatic rings. The van der Waals surface area contributed by atoms with Gasteiger partial charge in [0.05, 0.1) is 4.90 Å². The zero-order valence-corrected chi connectivity index (χ0v) is 17.2. The van der Waals surface area contributed by atoms with Crippen LogP contribution in [0.1, 0.15) is 33.1 Å². The van der Waals surface area contributed by atoms with Crippen molar-refractivity contribution in [1.29, 1.82) is 0 Å². The molecule has 0 aromatic heterocycles. The van der Waals surface area contributed by atoms with Gasteiger partial charge in [-0.1, -0.05) is 24.6 Å². The van der Waals surface area contributed by atoms with E-state index >= 15 is 0 Å². The molecule has 7 heteroatoms. The molecular formula is C20H25N3O2S2. The molecule has 0 radical (unpaired) electrons. The minimum atomic E-state index is -3.50. The van der Waals surface area contributed by atoms with Crippen LogP contribution in [0.5, 0.6) is 0 Å². The summed E-state index contributed by atoms with van der Waals surface area (Å²) in [6, 6.07) is 16.4. The maximum absolute atomic E-state index is 13.1. The summed E-state index contributed by atoms with van der Waals surface area (Å²) in [6.07, 6.45) is 2.88. The molecule has 0 unspecified atom stereocenters. The Morgan fingerprint density at radius 2 is 1.44 bits per heavy atom. The molecule has 1 aliphatic heterocycles. The van der Waals surface area contributed by atoms with Gasteiger partial charge in [-0.05, 0) is 75.3 Å². The van der Waals surface area contributed by atoms with Crippen LogP contribution in [0, 0.1) is 0 Å². The first kappa shape index (κ1) is 19.8. The van der Waals surface area contributed by atoms with E-state index in [1.165, 1.54) is 0 Å². The maximum Gasteiger partial charge on any atom is 0.243 e. The van der Waals surface area contributed by atoms with E-state index in [-0.39, 0.29) is 12.1 Å². The van der Waals surface area contributed by atoms with Gasteiger partial charge in [-0.15, -0.1) is 0 Å². The number of piperidine rings is 1. The number of nitrogens with zero attached hydrogens (tertiary/aromatic N) is 1. The molecule has 1 fully saturated rings. The van der Waals surface area contributed by atoms with E-state index in [4.69, 9.17) is 12.2 Å². The molecule has 2 atom stereocenters. The lowest BCUT2D eigenvalue weighted by Gasteiger charge is -2.37. The standard InChI is InChI=1S/C20H25N3O2S2/c1-15-7-6-8-16(2)23(15)27(24,25)19-13-11-18(12-14-19)22-20(26)21-17-9-4-3-5-10-17/h3-5,9-16H,6-8H2,1-2H3,(H2,21,22,26)/t15-,16-/m1/s1. The molecule has 2 aromatic carbocycles. The fourth-order valence-corrected chi connectivity index (χ4v) is 5.64. The SMILES string of the molecule is C[C@@H]1CCC[C@@H](C)N1S(=O)(=O)c1ccc(NC(=S)Nc2ccccc2)cc1. The summed E-state index contributed by atoms with van der Waals surface area (Å²) in [5.74, 6) is 0. The lowest BCUT2D eigenvalue weighted by atomic mass is 10.0. The number of hydrogen-bond acceptors (Lipinski definition) is 3. The highest BCUT2D eigenvalue weighted by molar-refractivity contribution is 7.89. The number of nitrogens with one attached hydrogen (secondary N) is 2. The highest BCUT2D eigenvalue weighted by Crippen LogP contribution is 2.29. The van der Waals surface area contributed by atoms with E-state index in [1.54, 1.807) is 28.6 Å². The number of benzene rings is 2. The van der Waals surface area contributed by atoms with E-state index in [0.29, 0.717) is 10.0 Å². The quantitative estimate of drug-likeness (QED) is 0.739. The van der Waals surface area contributed by atoms with Gasteiger partial charge in [0.1, 0.15) is 0 Å². The van der Waals surface area contributed by atoms with Crippen molar-refractivity contribution in [1.82, 2.24) is 4.31 Å². The van der Waals surface area contributed by atoms with Crippen molar-refractivity contribution in [3.05, 3.63) is 54.6 Å². The third-order valence-electron chi connectivity index (χ3n) is 4.83. The third-order valence-corrected chi connectivity index (χ3v) is 7.18. The first-order chi connectivity index (χ1) is 12.9. The van der Waals surface area contributed by atoms with Crippen LogP contribution in [0.2, 0.25) is 0 Å². The van der Waals surface area contributed by atoms with Gasteiger partial charge >= 0.3 is 0 Å². The predicted molar refractivity (Wildman–Crippen MR) is 115 cm³/mol. The smallest absolute Gasteiger partial charge is 0.243 e. The van der Waals surface area contributed by atoms with E-state index in [0.717, 1.165) is 30.6 Å². The number of rotatable bonds is 4. The summed E-state index contributed by atoms with van der Waals surface area (Å²) in [5.41, 5.74) is 1.63. The molecule has 0 spiro atoms. The van der Waals surface area contributed by atoms with Gasteiger partial charge in [-0.3, -0.25) is 0 Å². The number of thiocarbonyl (C=S) groups is 1. The monoisotopic (exact) mass is 403 g/mol. The van der Waals surface area contributed by atoms with Crippen molar-refractivity contribution in [2.45, 2.75) is 50.1 Å². The number of anilines is 2. The lowest BCUT2D eigenvalue weighted by Crippen LogP contribution is -2.47. The van der Waals surface area contributed by atoms with Crippen LogP contribution in [0.4, 0.5) is 11.4 Å². The molecule has 27 heavy (non-hydrogen) atoms. The molecule has 2 N–H and O–H groups in total. The van der Waals surface area contributed by atoms with Crippen LogP contribution < -0.4 is 10.6 Å². The number of sulfonamides is 1. The molecule has 0 aliphatic carbocycles. The molecule has 1 saturated heterocycles. The largest absolute Gasteiger partial charge is 0.332 e. The highest BCUT2D eigenvalue weighted by Gasteiger charge is 2.35. The van der Waals surface area contributed by atoms with Crippen LogP contribution in [-0.2, 0) is 10.0 Å². The van der Waals surface area contributed by atoms with Gasteiger partial charge < -0.3 is 10.6 Å². The molecule has 0 saturated carbocycles. The molecule has 1 heterocycles. The van der Waals surface area contributed by atoms with Crippen molar-refractivity contribution >= 4 is 38.7 Å². The summed E-state index contributed by atoms with van der Waals surface area (Å²) in [4.78, 5) is 0.315. The van der Waals surface area contributed by atoms with Crippen LogP contribution in [0.3, 0.4) is 0 Å². The Labute approximate surface area is 166 Å². The van der Waals surface area contributed by atoms with Crippen molar-refractivity contribution in [2.75, 3.05) is 10.6 Å². The molecule has 5 nitrogen and oxygen atoms in total. The zero-order chi connectivity index (χ0) is 19.4. The minimum absolute atomic E-state index is 0.0270. The van der Waals surface area contributed by atoms with Crippen molar-refractivity contribution < 1.29 is 8.42 Å². The Morgan fingerprint density at radius 3 is 2.00 bits per heavy atom. The van der Waals surface area contributed by atoms with Gasteiger partial charge in [0, 0.05) is 23.5 Å². The second-order valence-corrected chi connectivity index (χ2v) is 9.18. The predicted octanol–water partition coefficient (Wildman–Crippen LogP) is 4.45. The Bertz CT molecular complexity index is 873. The second kappa shape index (κ2) is 8.37. The summed E-state index contributed by atoms with van der Waals surface area (Å²) >= 11 is 5.31. The second-order valence-electron chi connectivity index (χ2n) is 6.93. The van der Waals surface area contributed by atoms with Crippen LogP contribution >= 0.6 is 12.2 Å². The van der Waals surface area contributed by atoms with E-state index in [9.17, 15) is 8.42 Å². The van der Waals surface area contributed by atoms with Gasteiger partial charge in [-0.2, -0.15) is 4.31 Å². The average Bonchev–Trinajstić information content (AvgIpc) is 2.62. The Kier molecular flexibility index (Phi) is 6.14.